The van der Waals surface area contributed by atoms with E-state index < -0.39 is 0 Å². The van der Waals surface area contributed by atoms with Gasteiger partial charge in [-0.25, -0.2) is 5.43 Å². The van der Waals surface area contributed by atoms with E-state index in [1.54, 1.807) is 18.3 Å². The quantitative estimate of drug-likeness (QED) is 0.508. The number of benzene rings is 2. The van der Waals surface area contributed by atoms with Gasteiger partial charge in [-0.1, -0.05) is 34.1 Å². The number of nitrogens with one attached hydrogen (secondary N) is 1. The lowest BCUT2D eigenvalue weighted by molar-refractivity contribution is -0.123. The predicted molar refractivity (Wildman–Crippen MR) is 101 cm³/mol. The molecular weight excluding hydrogens is 382 g/mol. The van der Waals surface area contributed by atoms with Crippen molar-refractivity contribution in [1.29, 1.82) is 0 Å². The third-order valence-corrected chi connectivity index (χ3v) is 3.89. The van der Waals surface area contributed by atoms with Gasteiger partial charge < -0.3 is 9.30 Å². The number of hydrazone groups is 1. The summed E-state index contributed by atoms with van der Waals surface area (Å²) in [4.78, 5) is 11.7. The molecule has 1 N–H and O–H groups in total. The highest BCUT2D eigenvalue weighted by Crippen LogP contribution is 2.15. The number of carbonyl (C=O) groups excluding carboxylic acids is 1. The van der Waals surface area contributed by atoms with Crippen LogP contribution in [-0.4, -0.2) is 23.3 Å². The summed E-state index contributed by atoms with van der Waals surface area (Å²) in [7, 11) is 0. The SMILES string of the molecule is O=C(COc1ccc(Br)cc1)N/N=C\c1ccn(-c2ccccc2)c1. The van der Waals surface area contributed by atoms with Gasteiger partial charge in [0.15, 0.2) is 6.61 Å². The molecule has 0 radical (unpaired) electrons. The molecule has 6 heteroatoms. The Morgan fingerprint density at radius 2 is 1.88 bits per heavy atom. The molecule has 5 nitrogen and oxygen atoms in total. The number of amides is 1. The minimum absolute atomic E-state index is 0.0933. The second-order valence-electron chi connectivity index (χ2n) is 5.22. The van der Waals surface area contributed by atoms with Gasteiger partial charge in [-0.2, -0.15) is 5.10 Å². The maximum atomic E-state index is 11.7. The first-order valence-corrected chi connectivity index (χ1v) is 8.44. The van der Waals surface area contributed by atoms with E-state index in [-0.39, 0.29) is 12.5 Å². The summed E-state index contributed by atoms with van der Waals surface area (Å²) in [6.45, 7) is -0.0933. The molecule has 0 saturated carbocycles. The van der Waals surface area contributed by atoms with Crippen LogP contribution in [0.25, 0.3) is 5.69 Å². The number of ether oxygens (including phenoxy) is 1. The van der Waals surface area contributed by atoms with Crippen molar-refractivity contribution in [2.75, 3.05) is 6.61 Å². The molecule has 0 fully saturated rings. The summed E-state index contributed by atoms with van der Waals surface area (Å²) in [5.74, 6) is 0.309. The van der Waals surface area contributed by atoms with E-state index in [4.69, 9.17) is 4.74 Å². The van der Waals surface area contributed by atoms with Crippen molar-refractivity contribution in [2.24, 2.45) is 5.10 Å². The van der Waals surface area contributed by atoms with E-state index in [9.17, 15) is 4.79 Å². The zero-order chi connectivity index (χ0) is 17.5. The normalized spacial score (nSPS) is 10.8. The molecule has 0 aliphatic heterocycles. The van der Waals surface area contributed by atoms with Gasteiger partial charge in [-0.05, 0) is 42.5 Å². The third-order valence-electron chi connectivity index (χ3n) is 3.36. The van der Waals surface area contributed by atoms with Crippen LogP contribution in [0.2, 0.25) is 0 Å². The van der Waals surface area contributed by atoms with Crippen LogP contribution in [0.1, 0.15) is 5.56 Å². The summed E-state index contributed by atoms with van der Waals surface area (Å²) in [5.41, 5.74) is 4.40. The number of rotatable bonds is 6. The van der Waals surface area contributed by atoms with Crippen LogP contribution in [0.4, 0.5) is 0 Å². The number of carbonyl (C=O) groups is 1. The number of para-hydroxylation sites is 1. The molecule has 0 spiro atoms. The number of nitrogens with zero attached hydrogens (tertiary/aromatic N) is 2. The van der Waals surface area contributed by atoms with Gasteiger partial charge >= 0.3 is 0 Å². The molecule has 1 amide bonds. The average molecular weight is 398 g/mol. The highest BCUT2D eigenvalue weighted by molar-refractivity contribution is 9.10. The highest BCUT2D eigenvalue weighted by Gasteiger charge is 2.01. The summed E-state index contributed by atoms with van der Waals surface area (Å²) in [5, 5.41) is 3.95. The summed E-state index contributed by atoms with van der Waals surface area (Å²) < 4.78 is 8.32. The molecular formula is C19H16BrN3O2. The zero-order valence-electron chi connectivity index (χ0n) is 13.3. The number of hydrogen-bond acceptors (Lipinski definition) is 3. The maximum Gasteiger partial charge on any atom is 0.277 e. The Bertz CT molecular complexity index is 858. The molecule has 3 rings (SSSR count). The molecule has 126 valence electrons. The van der Waals surface area contributed by atoms with Crippen molar-refractivity contribution in [1.82, 2.24) is 9.99 Å². The van der Waals surface area contributed by atoms with Gasteiger partial charge in [0, 0.05) is 28.1 Å². The minimum Gasteiger partial charge on any atom is -0.484 e. The number of aromatic nitrogens is 1. The van der Waals surface area contributed by atoms with E-state index in [1.807, 2.05) is 65.5 Å². The molecule has 2 aromatic carbocycles. The van der Waals surface area contributed by atoms with Crippen LogP contribution in [0.5, 0.6) is 5.75 Å². The fraction of sp³-hybridized carbons (Fsp3) is 0.0526. The van der Waals surface area contributed by atoms with E-state index in [2.05, 4.69) is 26.5 Å². The van der Waals surface area contributed by atoms with Gasteiger partial charge in [-0.3, -0.25) is 4.79 Å². The summed E-state index contributed by atoms with van der Waals surface area (Å²) >= 11 is 3.34. The van der Waals surface area contributed by atoms with Crippen LogP contribution in [0.3, 0.4) is 0 Å². The fourth-order valence-corrected chi connectivity index (χ4v) is 2.41. The first-order chi connectivity index (χ1) is 12.2. The average Bonchev–Trinajstić information content (AvgIpc) is 3.11. The Balaban J connectivity index is 1.48. The molecule has 0 saturated heterocycles. The Labute approximate surface area is 154 Å². The van der Waals surface area contributed by atoms with Gasteiger partial charge in [0.05, 0.1) is 6.21 Å². The number of halogens is 1. The largest absolute Gasteiger partial charge is 0.484 e. The fourth-order valence-electron chi connectivity index (χ4n) is 2.14. The minimum atomic E-state index is -0.318. The van der Waals surface area contributed by atoms with E-state index in [0.29, 0.717) is 5.75 Å². The topological polar surface area (TPSA) is 55.6 Å². The summed E-state index contributed by atoms with van der Waals surface area (Å²) in [6.07, 6.45) is 5.47. The van der Waals surface area contributed by atoms with Crippen molar-refractivity contribution in [2.45, 2.75) is 0 Å². The Morgan fingerprint density at radius 3 is 2.64 bits per heavy atom. The lowest BCUT2D eigenvalue weighted by atomic mass is 10.3. The van der Waals surface area contributed by atoms with Crippen molar-refractivity contribution in [3.63, 3.8) is 0 Å². The molecule has 3 aromatic rings. The monoisotopic (exact) mass is 397 g/mol. The van der Waals surface area contributed by atoms with Crippen LogP contribution >= 0.6 is 15.9 Å². The van der Waals surface area contributed by atoms with Gasteiger partial charge in [0.2, 0.25) is 0 Å². The Hall–Kier alpha value is -2.86. The van der Waals surface area contributed by atoms with Gasteiger partial charge in [0.25, 0.3) is 5.91 Å². The smallest absolute Gasteiger partial charge is 0.277 e. The van der Waals surface area contributed by atoms with Crippen LogP contribution in [0.15, 0.2) is 82.6 Å². The first-order valence-electron chi connectivity index (χ1n) is 7.64. The molecule has 0 bridgehead atoms. The van der Waals surface area contributed by atoms with Crippen molar-refractivity contribution in [3.05, 3.63) is 83.1 Å². The van der Waals surface area contributed by atoms with Crippen molar-refractivity contribution < 1.29 is 9.53 Å². The van der Waals surface area contributed by atoms with E-state index >= 15 is 0 Å². The molecule has 25 heavy (non-hydrogen) atoms. The molecule has 0 unspecified atom stereocenters. The maximum absolute atomic E-state index is 11.7. The zero-order valence-corrected chi connectivity index (χ0v) is 14.9. The van der Waals surface area contributed by atoms with Crippen LogP contribution in [-0.2, 0) is 4.79 Å². The van der Waals surface area contributed by atoms with Gasteiger partial charge in [-0.15, -0.1) is 0 Å². The highest BCUT2D eigenvalue weighted by atomic mass is 79.9. The lowest BCUT2D eigenvalue weighted by Crippen LogP contribution is -2.24. The third kappa shape index (κ3) is 5.06. The van der Waals surface area contributed by atoms with E-state index in [0.717, 1.165) is 15.7 Å². The molecule has 1 aromatic heterocycles. The second-order valence-corrected chi connectivity index (χ2v) is 6.14. The Kier molecular flexibility index (Phi) is 5.64. The first kappa shape index (κ1) is 17.0. The van der Waals surface area contributed by atoms with Crippen molar-refractivity contribution >= 4 is 28.1 Å². The predicted octanol–water partition coefficient (Wildman–Crippen LogP) is 3.77. The molecule has 1 heterocycles. The van der Waals surface area contributed by atoms with Gasteiger partial charge in [0.1, 0.15) is 5.75 Å². The lowest BCUT2D eigenvalue weighted by Gasteiger charge is -2.04. The molecule has 0 aliphatic rings. The summed E-state index contributed by atoms with van der Waals surface area (Å²) in [6, 6.07) is 19.2. The standard InChI is InChI=1S/C19H16BrN3O2/c20-16-6-8-18(9-7-16)25-14-19(24)22-21-12-15-10-11-23(13-15)17-4-2-1-3-5-17/h1-13H,14H2,(H,22,24)/b21-12-. The Morgan fingerprint density at radius 1 is 1.12 bits per heavy atom. The van der Waals surface area contributed by atoms with Crippen molar-refractivity contribution in [3.8, 4) is 11.4 Å². The number of hydrogen-bond donors (Lipinski definition) is 1. The van der Waals surface area contributed by atoms with E-state index in [1.165, 1.54) is 0 Å². The second kappa shape index (κ2) is 8.30. The van der Waals surface area contributed by atoms with Crippen LogP contribution < -0.4 is 10.2 Å². The van der Waals surface area contributed by atoms with Crippen LogP contribution in [0, 0.1) is 0 Å². The molecule has 0 atom stereocenters. The molecule has 0 aliphatic carbocycles.